The van der Waals surface area contributed by atoms with Gasteiger partial charge in [-0.2, -0.15) is 0 Å². The van der Waals surface area contributed by atoms with Crippen molar-refractivity contribution in [2.75, 3.05) is 30.7 Å². The van der Waals surface area contributed by atoms with Crippen LogP contribution in [0.1, 0.15) is 32.8 Å². The van der Waals surface area contributed by atoms with E-state index in [-0.39, 0.29) is 5.91 Å². The van der Waals surface area contributed by atoms with E-state index >= 15 is 0 Å². The molecule has 4 nitrogen and oxygen atoms in total. The maximum atomic E-state index is 12.1. The molecule has 0 fully saturated rings. The quantitative estimate of drug-likeness (QED) is 0.753. The number of carbonyl (C=O) groups is 1. The largest absolute Gasteiger partial charge is 0.397 e. The first-order valence-electron chi connectivity index (χ1n) is 7.35. The molecule has 1 rings (SSSR count). The van der Waals surface area contributed by atoms with E-state index in [1.54, 1.807) is 6.07 Å². The highest BCUT2D eigenvalue weighted by molar-refractivity contribution is 5.96. The summed E-state index contributed by atoms with van der Waals surface area (Å²) in [7, 11) is 0. The Balaban J connectivity index is 2.62. The second-order valence-electron chi connectivity index (χ2n) is 5.43. The zero-order valence-electron chi connectivity index (χ0n) is 13.1. The number of rotatable bonds is 7. The van der Waals surface area contributed by atoms with Crippen LogP contribution in [0.3, 0.4) is 0 Å². The number of nitrogens with two attached hydrogens (primary N) is 1. The van der Waals surface area contributed by atoms with E-state index in [1.165, 1.54) is 0 Å². The van der Waals surface area contributed by atoms with Gasteiger partial charge < -0.3 is 11.1 Å². The van der Waals surface area contributed by atoms with E-state index in [0.29, 0.717) is 18.2 Å². The van der Waals surface area contributed by atoms with Crippen LogP contribution in [0.15, 0.2) is 18.2 Å². The van der Waals surface area contributed by atoms with Gasteiger partial charge in [-0.05, 0) is 31.0 Å². The molecular formula is C16H27N3O. The number of hydrogen-bond acceptors (Lipinski definition) is 3. The molecule has 1 amide bonds. The van der Waals surface area contributed by atoms with Gasteiger partial charge in [0.05, 0.1) is 17.9 Å². The van der Waals surface area contributed by atoms with E-state index in [0.717, 1.165) is 30.8 Å². The molecule has 0 aliphatic rings. The number of anilines is 2. The van der Waals surface area contributed by atoms with Crippen LogP contribution in [0, 0.1) is 12.8 Å². The summed E-state index contributed by atoms with van der Waals surface area (Å²) in [5.74, 6) is 0.599. The van der Waals surface area contributed by atoms with Crippen LogP contribution in [0.4, 0.5) is 11.4 Å². The highest BCUT2D eigenvalue weighted by Gasteiger charge is 2.13. The Kier molecular flexibility index (Phi) is 6.52. The summed E-state index contributed by atoms with van der Waals surface area (Å²) in [5.41, 5.74) is 8.24. The van der Waals surface area contributed by atoms with Crippen molar-refractivity contribution < 1.29 is 4.79 Å². The summed E-state index contributed by atoms with van der Waals surface area (Å²) in [6.45, 7) is 10.6. The van der Waals surface area contributed by atoms with Crippen molar-refractivity contribution in [3.63, 3.8) is 0 Å². The number of amides is 1. The van der Waals surface area contributed by atoms with Crippen LogP contribution in [0.5, 0.6) is 0 Å². The molecule has 0 aromatic heterocycles. The topological polar surface area (TPSA) is 58.4 Å². The van der Waals surface area contributed by atoms with Crippen LogP contribution < -0.4 is 11.1 Å². The lowest BCUT2D eigenvalue weighted by Gasteiger charge is -2.23. The molecule has 112 valence electrons. The summed E-state index contributed by atoms with van der Waals surface area (Å²) in [4.78, 5) is 14.3. The van der Waals surface area contributed by atoms with Gasteiger partial charge in [-0.15, -0.1) is 0 Å². The molecule has 1 unspecified atom stereocenters. The Morgan fingerprint density at radius 3 is 2.65 bits per heavy atom. The van der Waals surface area contributed by atoms with Gasteiger partial charge in [0.1, 0.15) is 0 Å². The fraction of sp³-hybridized carbons (Fsp3) is 0.562. The van der Waals surface area contributed by atoms with Gasteiger partial charge >= 0.3 is 0 Å². The number of aryl methyl sites for hydroxylation is 1. The normalized spacial score (nSPS) is 12.4. The average molecular weight is 277 g/mol. The molecule has 1 atom stereocenters. The number of benzene rings is 1. The summed E-state index contributed by atoms with van der Waals surface area (Å²) in [6, 6.07) is 5.64. The van der Waals surface area contributed by atoms with Crippen molar-refractivity contribution in [3.05, 3.63) is 23.8 Å². The first-order valence-corrected chi connectivity index (χ1v) is 7.35. The summed E-state index contributed by atoms with van der Waals surface area (Å²) in [5, 5.41) is 2.93. The number of nitrogens with zero attached hydrogens (tertiary/aromatic N) is 1. The van der Waals surface area contributed by atoms with E-state index in [4.69, 9.17) is 5.73 Å². The van der Waals surface area contributed by atoms with E-state index in [9.17, 15) is 4.79 Å². The monoisotopic (exact) mass is 277 g/mol. The summed E-state index contributed by atoms with van der Waals surface area (Å²) in [6.07, 6.45) is 1.13. The Morgan fingerprint density at radius 1 is 1.40 bits per heavy atom. The van der Waals surface area contributed by atoms with Gasteiger partial charge in [0.15, 0.2) is 0 Å². The zero-order chi connectivity index (χ0) is 15.1. The summed E-state index contributed by atoms with van der Waals surface area (Å²) < 4.78 is 0. The van der Waals surface area contributed by atoms with Gasteiger partial charge in [-0.25, -0.2) is 0 Å². The third-order valence-corrected chi connectivity index (χ3v) is 3.65. The van der Waals surface area contributed by atoms with Crippen molar-refractivity contribution in [1.82, 2.24) is 4.90 Å². The number of nitrogens with one attached hydrogen (secondary N) is 1. The van der Waals surface area contributed by atoms with E-state index < -0.39 is 0 Å². The predicted octanol–water partition coefficient (Wildman–Crippen LogP) is 2.88. The lowest BCUT2D eigenvalue weighted by Crippen LogP contribution is -2.36. The van der Waals surface area contributed by atoms with Crippen molar-refractivity contribution in [1.29, 1.82) is 0 Å². The Hall–Kier alpha value is -1.55. The SMILES string of the molecule is CCC(C)CN(CC)CC(=O)Nc1c(C)cccc1N. The van der Waals surface area contributed by atoms with Crippen molar-refractivity contribution >= 4 is 17.3 Å². The van der Waals surface area contributed by atoms with Gasteiger partial charge in [0.2, 0.25) is 5.91 Å². The molecule has 20 heavy (non-hydrogen) atoms. The molecule has 0 radical (unpaired) electrons. The molecule has 4 heteroatoms. The highest BCUT2D eigenvalue weighted by atomic mass is 16.2. The third kappa shape index (κ3) is 4.85. The Bertz CT molecular complexity index is 425. The molecule has 0 saturated heterocycles. The first kappa shape index (κ1) is 16.5. The minimum absolute atomic E-state index is 0.00356. The number of likely N-dealkylation sites (N-methyl/N-ethyl adjacent to an activating group) is 1. The molecule has 1 aromatic rings. The lowest BCUT2D eigenvalue weighted by atomic mass is 10.1. The molecular weight excluding hydrogens is 250 g/mol. The molecule has 0 aliphatic heterocycles. The number of nitrogen functional groups attached to an aromatic ring is 1. The predicted molar refractivity (Wildman–Crippen MR) is 85.8 cm³/mol. The molecule has 0 saturated carbocycles. The number of hydrogen-bond donors (Lipinski definition) is 2. The van der Waals surface area contributed by atoms with Crippen LogP contribution in [-0.2, 0) is 4.79 Å². The molecule has 0 bridgehead atoms. The van der Waals surface area contributed by atoms with E-state index in [1.807, 2.05) is 19.1 Å². The third-order valence-electron chi connectivity index (χ3n) is 3.65. The van der Waals surface area contributed by atoms with Crippen LogP contribution in [-0.4, -0.2) is 30.4 Å². The molecule has 0 aliphatic carbocycles. The standard InChI is InChI=1S/C16H27N3O/c1-5-12(3)10-19(6-2)11-15(20)18-16-13(4)8-7-9-14(16)17/h7-9,12H,5-6,10-11,17H2,1-4H3,(H,18,20). The Labute approximate surface area is 122 Å². The van der Waals surface area contributed by atoms with Gasteiger partial charge in [0, 0.05) is 6.54 Å². The van der Waals surface area contributed by atoms with Gasteiger partial charge in [-0.1, -0.05) is 39.3 Å². The van der Waals surface area contributed by atoms with Crippen LogP contribution in [0.2, 0.25) is 0 Å². The second-order valence-corrected chi connectivity index (χ2v) is 5.43. The van der Waals surface area contributed by atoms with Crippen molar-refractivity contribution in [3.8, 4) is 0 Å². The zero-order valence-corrected chi connectivity index (χ0v) is 13.1. The molecule has 3 N–H and O–H groups in total. The van der Waals surface area contributed by atoms with Crippen molar-refractivity contribution in [2.24, 2.45) is 5.92 Å². The molecule has 0 heterocycles. The number of carbonyl (C=O) groups excluding carboxylic acids is 1. The highest BCUT2D eigenvalue weighted by Crippen LogP contribution is 2.22. The minimum Gasteiger partial charge on any atom is -0.397 e. The maximum Gasteiger partial charge on any atom is 0.238 e. The van der Waals surface area contributed by atoms with E-state index in [2.05, 4.69) is 31.0 Å². The molecule has 1 aromatic carbocycles. The second kappa shape index (κ2) is 7.90. The minimum atomic E-state index is -0.00356. The Morgan fingerprint density at radius 2 is 2.10 bits per heavy atom. The number of para-hydroxylation sites is 1. The average Bonchev–Trinajstić information content (AvgIpc) is 2.42. The van der Waals surface area contributed by atoms with Gasteiger partial charge in [-0.3, -0.25) is 9.69 Å². The van der Waals surface area contributed by atoms with Crippen LogP contribution in [0.25, 0.3) is 0 Å². The first-order chi connectivity index (χ1) is 9.47. The lowest BCUT2D eigenvalue weighted by molar-refractivity contribution is -0.117. The fourth-order valence-corrected chi connectivity index (χ4v) is 2.12. The maximum absolute atomic E-state index is 12.1. The molecule has 0 spiro atoms. The van der Waals surface area contributed by atoms with Crippen molar-refractivity contribution in [2.45, 2.75) is 34.1 Å². The van der Waals surface area contributed by atoms with Gasteiger partial charge in [0.25, 0.3) is 0 Å². The smallest absolute Gasteiger partial charge is 0.238 e. The summed E-state index contributed by atoms with van der Waals surface area (Å²) >= 11 is 0. The fourth-order valence-electron chi connectivity index (χ4n) is 2.12. The van der Waals surface area contributed by atoms with Crippen LogP contribution >= 0.6 is 0 Å².